The van der Waals surface area contributed by atoms with Crippen LogP contribution in [0.1, 0.15) is 32.5 Å². The maximum Gasteiger partial charge on any atom is 0.243 e. The number of ether oxygens (including phenoxy) is 1. The molecule has 8 nitrogen and oxygen atoms in total. The Bertz CT molecular complexity index is 1050. The van der Waals surface area contributed by atoms with Crippen LogP contribution in [-0.2, 0) is 33.0 Å². The van der Waals surface area contributed by atoms with E-state index in [-0.39, 0.29) is 10.8 Å². The molecule has 2 aliphatic rings. The van der Waals surface area contributed by atoms with Crippen LogP contribution in [0, 0.1) is 11.8 Å². The van der Waals surface area contributed by atoms with Gasteiger partial charge in [0, 0.05) is 46.1 Å². The molecular weight excluding hydrogens is 416 g/mol. The Morgan fingerprint density at radius 3 is 2.52 bits per heavy atom. The van der Waals surface area contributed by atoms with E-state index in [1.807, 2.05) is 16.5 Å². The fourth-order valence-corrected chi connectivity index (χ4v) is 6.22. The molecule has 0 radical (unpaired) electrons. The third-order valence-electron chi connectivity index (χ3n) is 6.34. The number of aromatic nitrogens is 2. The van der Waals surface area contributed by atoms with Gasteiger partial charge in [0.2, 0.25) is 15.9 Å². The van der Waals surface area contributed by atoms with Gasteiger partial charge < -0.3 is 14.2 Å². The second kappa shape index (κ2) is 8.88. The highest BCUT2D eigenvalue weighted by Crippen LogP contribution is 2.24. The number of morpholine rings is 1. The second-order valence-electron chi connectivity index (χ2n) is 9.00. The Morgan fingerprint density at radius 2 is 1.84 bits per heavy atom. The SMILES string of the molecule is CC1CC(C)CN(C(=O)CCc2nc3cc(S(=O)(=O)N4CCOCC4)ccc3n2C)C1. The molecule has 0 saturated carbocycles. The first kappa shape index (κ1) is 22.2. The topological polar surface area (TPSA) is 84.7 Å². The number of imidazole rings is 1. The van der Waals surface area contributed by atoms with Crippen molar-refractivity contribution in [3.8, 4) is 0 Å². The first-order valence-electron chi connectivity index (χ1n) is 11.1. The van der Waals surface area contributed by atoms with E-state index in [0.717, 1.165) is 24.4 Å². The molecule has 1 aromatic carbocycles. The molecule has 1 aromatic heterocycles. The molecule has 2 fully saturated rings. The predicted molar refractivity (Wildman–Crippen MR) is 118 cm³/mol. The molecular formula is C22H32N4O4S. The first-order valence-corrected chi connectivity index (χ1v) is 12.5. The predicted octanol–water partition coefficient (Wildman–Crippen LogP) is 2.03. The highest BCUT2D eigenvalue weighted by atomic mass is 32.2. The summed E-state index contributed by atoms with van der Waals surface area (Å²) in [7, 11) is -1.65. The monoisotopic (exact) mass is 448 g/mol. The van der Waals surface area contributed by atoms with Crippen LogP contribution in [0.4, 0.5) is 0 Å². The number of rotatable bonds is 5. The highest BCUT2D eigenvalue weighted by Gasteiger charge is 2.28. The summed E-state index contributed by atoms with van der Waals surface area (Å²) in [4.78, 5) is 19.6. The number of aryl methyl sites for hydroxylation is 2. The van der Waals surface area contributed by atoms with Crippen molar-refractivity contribution < 1.29 is 17.9 Å². The molecule has 1 amide bonds. The van der Waals surface area contributed by atoms with Gasteiger partial charge in [-0.3, -0.25) is 4.79 Å². The van der Waals surface area contributed by atoms with Crippen LogP contribution < -0.4 is 0 Å². The molecule has 0 aliphatic carbocycles. The summed E-state index contributed by atoms with van der Waals surface area (Å²) >= 11 is 0. The van der Waals surface area contributed by atoms with Gasteiger partial charge in [-0.05, 0) is 36.5 Å². The number of nitrogens with zero attached hydrogens (tertiary/aromatic N) is 4. The molecule has 170 valence electrons. The van der Waals surface area contributed by atoms with Crippen molar-refractivity contribution in [2.45, 2.75) is 38.0 Å². The average Bonchev–Trinajstić information content (AvgIpc) is 3.07. The van der Waals surface area contributed by atoms with E-state index in [1.54, 1.807) is 18.2 Å². The zero-order valence-electron chi connectivity index (χ0n) is 18.6. The zero-order chi connectivity index (χ0) is 22.2. The normalized spacial score (nSPS) is 23.4. The fourth-order valence-electron chi connectivity index (χ4n) is 4.79. The van der Waals surface area contributed by atoms with Gasteiger partial charge in [0.1, 0.15) is 5.82 Å². The number of hydrogen-bond donors (Lipinski definition) is 0. The van der Waals surface area contributed by atoms with Crippen molar-refractivity contribution in [2.24, 2.45) is 18.9 Å². The average molecular weight is 449 g/mol. The summed E-state index contributed by atoms with van der Waals surface area (Å²) in [5.41, 5.74) is 1.50. The number of sulfonamides is 1. The summed E-state index contributed by atoms with van der Waals surface area (Å²) in [5.74, 6) is 2.04. The van der Waals surface area contributed by atoms with Gasteiger partial charge in [0.15, 0.2) is 0 Å². The number of piperidine rings is 1. The fraction of sp³-hybridized carbons (Fsp3) is 0.636. The van der Waals surface area contributed by atoms with Crippen molar-refractivity contribution in [3.63, 3.8) is 0 Å². The molecule has 0 N–H and O–H groups in total. The molecule has 2 unspecified atom stereocenters. The highest BCUT2D eigenvalue weighted by molar-refractivity contribution is 7.89. The Hall–Kier alpha value is -1.97. The summed E-state index contributed by atoms with van der Waals surface area (Å²) in [6.07, 6.45) is 2.12. The summed E-state index contributed by atoms with van der Waals surface area (Å²) in [6, 6.07) is 5.08. The molecule has 31 heavy (non-hydrogen) atoms. The molecule has 3 heterocycles. The van der Waals surface area contributed by atoms with E-state index in [0.29, 0.717) is 56.5 Å². The van der Waals surface area contributed by atoms with Crippen LogP contribution in [0.5, 0.6) is 0 Å². The minimum Gasteiger partial charge on any atom is -0.379 e. The van der Waals surface area contributed by atoms with E-state index in [1.165, 1.54) is 10.7 Å². The van der Waals surface area contributed by atoms with Gasteiger partial charge in [-0.2, -0.15) is 4.31 Å². The maximum absolute atomic E-state index is 13.0. The molecule has 0 bridgehead atoms. The van der Waals surface area contributed by atoms with E-state index in [2.05, 4.69) is 18.8 Å². The minimum absolute atomic E-state index is 0.168. The summed E-state index contributed by atoms with van der Waals surface area (Å²) < 4.78 is 34.6. The lowest BCUT2D eigenvalue weighted by Gasteiger charge is -2.35. The van der Waals surface area contributed by atoms with Crippen LogP contribution in [0.2, 0.25) is 0 Å². The van der Waals surface area contributed by atoms with E-state index >= 15 is 0 Å². The van der Waals surface area contributed by atoms with Crippen LogP contribution in [0.15, 0.2) is 23.1 Å². The first-order chi connectivity index (χ1) is 14.8. The second-order valence-corrected chi connectivity index (χ2v) is 10.9. The maximum atomic E-state index is 13.0. The molecule has 0 spiro atoms. The number of hydrogen-bond acceptors (Lipinski definition) is 5. The minimum atomic E-state index is -3.56. The number of benzene rings is 1. The van der Waals surface area contributed by atoms with Gasteiger partial charge in [0.25, 0.3) is 0 Å². The number of amides is 1. The third kappa shape index (κ3) is 4.63. The van der Waals surface area contributed by atoms with E-state index in [9.17, 15) is 13.2 Å². The summed E-state index contributed by atoms with van der Waals surface area (Å²) in [6.45, 7) is 7.61. The number of carbonyl (C=O) groups excluding carboxylic acids is 1. The standard InChI is InChI=1S/C22H32N4O4S/c1-16-12-17(2)15-25(14-16)22(27)7-6-21-23-19-13-18(4-5-20(19)24(21)3)31(28,29)26-8-10-30-11-9-26/h4-5,13,16-17H,6-12,14-15H2,1-3H3. The van der Waals surface area contributed by atoms with Crippen molar-refractivity contribution in [2.75, 3.05) is 39.4 Å². The van der Waals surface area contributed by atoms with Crippen molar-refractivity contribution in [1.82, 2.24) is 18.8 Å². The number of fused-ring (bicyclic) bond motifs is 1. The Balaban J connectivity index is 1.49. The lowest BCUT2D eigenvalue weighted by molar-refractivity contribution is -0.133. The third-order valence-corrected chi connectivity index (χ3v) is 8.23. The van der Waals surface area contributed by atoms with Crippen LogP contribution in [0.3, 0.4) is 0 Å². The van der Waals surface area contributed by atoms with Gasteiger partial charge in [-0.15, -0.1) is 0 Å². The van der Waals surface area contributed by atoms with Crippen molar-refractivity contribution in [1.29, 1.82) is 0 Å². The molecule has 9 heteroatoms. The van der Waals surface area contributed by atoms with E-state index < -0.39 is 10.0 Å². The number of carbonyl (C=O) groups is 1. The Kier molecular flexibility index (Phi) is 6.37. The van der Waals surface area contributed by atoms with Gasteiger partial charge in [-0.25, -0.2) is 13.4 Å². The van der Waals surface area contributed by atoms with Gasteiger partial charge in [0.05, 0.1) is 29.1 Å². The molecule has 2 aliphatic heterocycles. The van der Waals surface area contributed by atoms with Gasteiger partial charge >= 0.3 is 0 Å². The molecule has 2 saturated heterocycles. The quantitative estimate of drug-likeness (QED) is 0.699. The Morgan fingerprint density at radius 1 is 1.16 bits per heavy atom. The van der Waals surface area contributed by atoms with Crippen molar-refractivity contribution >= 4 is 27.0 Å². The molecule has 4 rings (SSSR count). The summed E-state index contributed by atoms with van der Waals surface area (Å²) in [5, 5.41) is 0. The lowest BCUT2D eigenvalue weighted by Crippen LogP contribution is -2.42. The number of likely N-dealkylation sites (tertiary alicyclic amines) is 1. The largest absolute Gasteiger partial charge is 0.379 e. The molecule has 2 aromatic rings. The zero-order valence-corrected chi connectivity index (χ0v) is 19.4. The molecule has 2 atom stereocenters. The lowest BCUT2D eigenvalue weighted by atomic mass is 9.91. The van der Waals surface area contributed by atoms with Crippen molar-refractivity contribution in [3.05, 3.63) is 24.0 Å². The van der Waals surface area contributed by atoms with Gasteiger partial charge in [-0.1, -0.05) is 13.8 Å². The smallest absolute Gasteiger partial charge is 0.243 e. The van der Waals surface area contributed by atoms with Crippen LogP contribution >= 0.6 is 0 Å². The van der Waals surface area contributed by atoms with Crippen LogP contribution in [0.25, 0.3) is 11.0 Å². The van der Waals surface area contributed by atoms with Crippen LogP contribution in [-0.4, -0.2) is 72.5 Å². The Labute approximate surface area is 184 Å². The van der Waals surface area contributed by atoms with E-state index in [4.69, 9.17) is 4.74 Å².